The summed E-state index contributed by atoms with van der Waals surface area (Å²) in [4.78, 5) is 12.3. The molecule has 2 atom stereocenters. The molecule has 0 spiro atoms. The van der Waals surface area contributed by atoms with Crippen molar-refractivity contribution in [2.75, 3.05) is 5.88 Å². The number of halogens is 1. The monoisotopic (exact) mass is 275 g/mol. The third-order valence-electron chi connectivity index (χ3n) is 4.63. The lowest BCUT2D eigenvalue weighted by atomic mass is 9.88. The molecule has 1 heterocycles. The largest absolute Gasteiger partial charge is 0.366 e. The summed E-state index contributed by atoms with van der Waals surface area (Å²) >= 11 is 5.70. The Balaban J connectivity index is 2.74. The normalized spacial score (nSPS) is 26.1. The number of hydrogen-bond acceptors (Lipinski definition) is 1. The van der Waals surface area contributed by atoms with Gasteiger partial charge in [-0.1, -0.05) is 33.9 Å². The lowest BCUT2D eigenvalue weighted by Gasteiger charge is -2.57. The van der Waals surface area contributed by atoms with Crippen LogP contribution in [0.1, 0.15) is 40.5 Å². The lowest BCUT2D eigenvalue weighted by molar-refractivity contribution is -0.147. The van der Waals surface area contributed by atoms with Gasteiger partial charge >= 0.3 is 0 Å². The summed E-state index contributed by atoms with van der Waals surface area (Å²) in [6.45, 7) is 13.6. The van der Waals surface area contributed by atoms with Gasteiger partial charge in [-0.05, 0) is 24.8 Å². The van der Waals surface area contributed by atoms with E-state index in [2.05, 4.69) is 45.4 Å². The molecule has 0 aromatic carbocycles. The molecule has 1 unspecified atom stereocenters. The molecule has 17 heavy (non-hydrogen) atoms. The number of amides is 1. The average Bonchev–Trinajstić information content (AvgIpc) is 2.16. The predicted molar refractivity (Wildman–Crippen MR) is 76.9 cm³/mol. The van der Waals surface area contributed by atoms with Crippen LogP contribution in [0.5, 0.6) is 0 Å². The van der Waals surface area contributed by atoms with Crippen molar-refractivity contribution in [2.45, 2.75) is 64.7 Å². The molecule has 1 fully saturated rings. The molecule has 100 valence electrons. The number of carbonyl (C=O) groups is 1. The molecule has 4 heteroatoms. The molecular formula is C13H26ClNOSi. The minimum Gasteiger partial charge on any atom is -0.366 e. The molecule has 0 saturated carbocycles. The van der Waals surface area contributed by atoms with E-state index < -0.39 is 8.24 Å². The first-order valence-electron chi connectivity index (χ1n) is 6.53. The van der Waals surface area contributed by atoms with Gasteiger partial charge in [0, 0.05) is 11.9 Å². The van der Waals surface area contributed by atoms with E-state index in [0.717, 1.165) is 12.8 Å². The first-order chi connectivity index (χ1) is 7.64. The Morgan fingerprint density at radius 2 is 1.88 bits per heavy atom. The Kier molecular flexibility index (Phi) is 4.36. The van der Waals surface area contributed by atoms with E-state index in [4.69, 9.17) is 11.6 Å². The van der Waals surface area contributed by atoms with E-state index in [9.17, 15) is 4.79 Å². The van der Waals surface area contributed by atoms with Crippen LogP contribution in [0.15, 0.2) is 0 Å². The van der Waals surface area contributed by atoms with Gasteiger partial charge in [0.25, 0.3) is 0 Å². The van der Waals surface area contributed by atoms with Crippen LogP contribution < -0.4 is 0 Å². The first-order valence-corrected chi connectivity index (χ1v) is 10.0. The topological polar surface area (TPSA) is 20.3 Å². The van der Waals surface area contributed by atoms with Gasteiger partial charge in [0.1, 0.15) is 0 Å². The van der Waals surface area contributed by atoms with Crippen molar-refractivity contribution in [3.8, 4) is 0 Å². The highest BCUT2D eigenvalue weighted by Crippen LogP contribution is 2.45. The van der Waals surface area contributed by atoms with Crippen molar-refractivity contribution in [3.63, 3.8) is 0 Å². The Labute approximate surface area is 112 Å². The first kappa shape index (κ1) is 15.0. The van der Waals surface area contributed by atoms with Gasteiger partial charge in [-0.25, -0.2) is 0 Å². The predicted octanol–water partition coefficient (Wildman–Crippen LogP) is 3.86. The van der Waals surface area contributed by atoms with Crippen molar-refractivity contribution in [2.24, 2.45) is 5.92 Å². The third kappa shape index (κ3) is 2.55. The Morgan fingerprint density at radius 3 is 2.24 bits per heavy atom. The highest BCUT2D eigenvalue weighted by atomic mass is 35.5. The zero-order chi connectivity index (χ0) is 13.4. The number of β-lactam (4-membered cyclic amide) rings is 1. The van der Waals surface area contributed by atoms with Crippen LogP contribution >= 0.6 is 11.6 Å². The summed E-state index contributed by atoms with van der Waals surface area (Å²) in [5, 5.41) is 0.231. The summed E-state index contributed by atoms with van der Waals surface area (Å²) in [6.07, 6.45) is 1.91. The van der Waals surface area contributed by atoms with Crippen LogP contribution in [-0.4, -0.2) is 30.6 Å². The number of nitrogens with zero attached hydrogens (tertiary/aromatic N) is 1. The number of alkyl halides is 1. The molecule has 0 radical (unpaired) electrons. The Hall–Kier alpha value is -0.0231. The molecule has 0 aromatic heterocycles. The van der Waals surface area contributed by atoms with Gasteiger partial charge in [-0.3, -0.25) is 4.79 Å². The second-order valence-corrected chi connectivity index (χ2v) is 12.2. The highest BCUT2D eigenvalue weighted by molar-refractivity contribution is 6.80. The van der Waals surface area contributed by atoms with E-state index in [1.165, 1.54) is 0 Å². The molecule has 0 bridgehead atoms. The van der Waals surface area contributed by atoms with Crippen molar-refractivity contribution in [1.82, 2.24) is 4.57 Å². The van der Waals surface area contributed by atoms with E-state index in [0.29, 0.717) is 17.8 Å². The maximum Gasteiger partial charge on any atom is 0.220 e. The Morgan fingerprint density at radius 1 is 1.35 bits per heavy atom. The average molecular weight is 276 g/mol. The van der Waals surface area contributed by atoms with Crippen LogP contribution in [-0.2, 0) is 4.79 Å². The van der Waals surface area contributed by atoms with Crippen molar-refractivity contribution >= 4 is 25.7 Å². The van der Waals surface area contributed by atoms with Crippen LogP contribution in [0.25, 0.3) is 0 Å². The minimum atomic E-state index is -1.68. The highest BCUT2D eigenvalue weighted by Gasteiger charge is 2.54. The van der Waals surface area contributed by atoms with E-state index in [1.807, 2.05) is 0 Å². The number of rotatable bonds is 4. The van der Waals surface area contributed by atoms with Crippen molar-refractivity contribution in [3.05, 3.63) is 0 Å². The van der Waals surface area contributed by atoms with Crippen LogP contribution in [0.3, 0.4) is 0 Å². The minimum absolute atomic E-state index is 0.225. The molecule has 1 aliphatic heterocycles. The smallest absolute Gasteiger partial charge is 0.220 e. The molecule has 0 aliphatic carbocycles. The number of hydrogen-bond donors (Lipinski definition) is 0. The van der Waals surface area contributed by atoms with Gasteiger partial charge in [0.15, 0.2) is 8.24 Å². The molecule has 1 amide bonds. The Bertz CT molecular complexity index is 298. The zero-order valence-electron chi connectivity index (χ0n) is 12.0. The summed E-state index contributed by atoms with van der Waals surface area (Å²) in [6, 6.07) is 0.409. The molecule has 2 nitrogen and oxygen atoms in total. The second-order valence-electron chi connectivity index (χ2n) is 6.70. The third-order valence-corrected chi connectivity index (χ3v) is 10.4. The maximum atomic E-state index is 12.3. The zero-order valence-corrected chi connectivity index (χ0v) is 13.8. The molecule has 1 rings (SSSR count). The SMILES string of the molecule is C[C@H]1C(CCCCl)C(=O)N1[Si](C)(C)C(C)(C)C. The molecule has 1 saturated heterocycles. The molecule has 1 aliphatic rings. The van der Waals surface area contributed by atoms with Crippen molar-refractivity contribution < 1.29 is 4.79 Å². The van der Waals surface area contributed by atoms with Crippen molar-refractivity contribution in [1.29, 1.82) is 0 Å². The fraction of sp³-hybridized carbons (Fsp3) is 0.923. The molecular weight excluding hydrogens is 250 g/mol. The summed E-state index contributed by atoms with van der Waals surface area (Å²) in [5.74, 6) is 1.26. The molecule has 0 N–H and O–H groups in total. The van der Waals surface area contributed by atoms with E-state index >= 15 is 0 Å². The number of carbonyl (C=O) groups excluding carboxylic acids is 1. The van der Waals surface area contributed by atoms with Crippen LogP contribution in [0, 0.1) is 5.92 Å². The maximum absolute atomic E-state index is 12.3. The van der Waals surface area contributed by atoms with Gasteiger partial charge in [-0.2, -0.15) is 0 Å². The second kappa shape index (κ2) is 4.92. The standard InChI is InChI=1S/C13H26ClNOSi/c1-10-11(8-7-9-14)12(16)15(10)17(5,6)13(2,3)4/h10-11H,7-9H2,1-6H3/t10-,11?/m0/s1. The van der Waals surface area contributed by atoms with Gasteiger partial charge in [0.2, 0.25) is 5.91 Å². The summed E-state index contributed by atoms with van der Waals surface area (Å²) < 4.78 is 2.20. The molecule has 0 aromatic rings. The quantitative estimate of drug-likeness (QED) is 0.433. The fourth-order valence-electron chi connectivity index (χ4n) is 2.49. The summed E-state index contributed by atoms with van der Waals surface area (Å²) in [5.41, 5.74) is 0. The van der Waals surface area contributed by atoms with E-state index in [1.54, 1.807) is 0 Å². The fourth-order valence-corrected chi connectivity index (χ4v) is 5.28. The summed E-state index contributed by atoms with van der Waals surface area (Å²) in [7, 11) is -1.68. The van der Waals surface area contributed by atoms with Gasteiger partial charge < -0.3 is 4.57 Å². The van der Waals surface area contributed by atoms with Gasteiger partial charge in [0.05, 0.1) is 5.92 Å². The van der Waals surface area contributed by atoms with Crippen LogP contribution in [0.4, 0.5) is 0 Å². The lowest BCUT2D eigenvalue weighted by Crippen LogP contribution is -2.71. The van der Waals surface area contributed by atoms with Gasteiger partial charge in [-0.15, -0.1) is 11.6 Å². The van der Waals surface area contributed by atoms with Crippen LogP contribution in [0.2, 0.25) is 18.1 Å². The van der Waals surface area contributed by atoms with E-state index in [-0.39, 0.29) is 11.0 Å².